The van der Waals surface area contributed by atoms with Gasteiger partial charge in [-0.1, -0.05) is 0 Å². The van der Waals surface area contributed by atoms with Gasteiger partial charge in [0.2, 0.25) is 0 Å². The topological polar surface area (TPSA) is 98.0 Å². The lowest BCUT2D eigenvalue weighted by molar-refractivity contribution is -0.147. The zero-order valence-corrected chi connectivity index (χ0v) is 15.8. The van der Waals surface area contributed by atoms with E-state index in [0.717, 1.165) is 11.5 Å². The Morgan fingerprint density at radius 3 is 2.67 bits per heavy atom. The number of aryl methyl sites for hydroxylation is 1. The highest BCUT2D eigenvalue weighted by Gasteiger charge is 2.37. The maximum Gasteiger partial charge on any atom is 0.333 e. The van der Waals surface area contributed by atoms with E-state index in [4.69, 9.17) is 18.9 Å². The number of halogens is 1. The first-order valence-electron chi connectivity index (χ1n) is 8.55. The molecule has 1 saturated heterocycles. The minimum atomic E-state index is -1.22. The van der Waals surface area contributed by atoms with E-state index in [0.29, 0.717) is 13.0 Å². The third-order valence-corrected chi connectivity index (χ3v) is 4.38. The maximum absolute atomic E-state index is 13.1. The summed E-state index contributed by atoms with van der Waals surface area (Å²) in [4.78, 5) is 36.3. The fourth-order valence-corrected chi connectivity index (χ4v) is 3.11. The minimum absolute atomic E-state index is 0.276. The van der Waals surface area contributed by atoms with Gasteiger partial charge in [0.05, 0.1) is 19.3 Å². The molecule has 4 atom stereocenters. The zero-order chi connectivity index (χ0) is 20.1. The second-order valence-electron chi connectivity index (χ2n) is 6.40. The largest absolute Gasteiger partial charge is 0.458 e. The number of hydrogen-bond donors (Lipinski definition) is 0. The van der Waals surface area contributed by atoms with Crippen molar-refractivity contribution in [2.75, 3.05) is 27.5 Å². The molecule has 0 aromatic carbocycles. The molecule has 0 aliphatic carbocycles. The van der Waals surface area contributed by atoms with Crippen molar-refractivity contribution in [1.82, 2.24) is 9.13 Å². The van der Waals surface area contributed by atoms with Crippen LogP contribution in [0.5, 0.6) is 0 Å². The monoisotopic (exact) mass is 388 g/mol. The van der Waals surface area contributed by atoms with E-state index >= 15 is 0 Å². The van der Waals surface area contributed by atoms with E-state index < -0.39 is 36.2 Å². The van der Waals surface area contributed by atoms with Crippen molar-refractivity contribution in [3.63, 3.8) is 0 Å². The second-order valence-corrected chi connectivity index (χ2v) is 6.40. The average molecular weight is 388 g/mol. The number of nitrogens with zero attached hydrogens (tertiary/aromatic N) is 2. The molecule has 3 unspecified atom stereocenters. The van der Waals surface area contributed by atoms with Crippen molar-refractivity contribution < 1.29 is 28.1 Å². The number of rotatable bonds is 8. The van der Waals surface area contributed by atoms with E-state index in [-0.39, 0.29) is 24.3 Å². The summed E-state index contributed by atoms with van der Waals surface area (Å²) in [6, 6.07) is 0. The van der Waals surface area contributed by atoms with Crippen LogP contribution in [0.1, 0.15) is 25.1 Å². The summed E-state index contributed by atoms with van der Waals surface area (Å²) in [6.45, 7) is 1.57. The quantitative estimate of drug-likeness (QED) is 0.586. The Kier molecular flexibility index (Phi) is 7.28. The van der Waals surface area contributed by atoms with Gasteiger partial charge < -0.3 is 18.9 Å². The molecule has 1 aromatic rings. The summed E-state index contributed by atoms with van der Waals surface area (Å²) in [5.74, 6) is -0.692. The Labute approximate surface area is 155 Å². The molecule has 27 heavy (non-hydrogen) atoms. The summed E-state index contributed by atoms with van der Waals surface area (Å²) >= 11 is 0. The van der Waals surface area contributed by atoms with Crippen LogP contribution in [-0.4, -0.2) is 60.9 Å². The third-order valence-electron chi connectivity index (χ3n) is 4.38. The van der Waals surface area contributed by atoms with Gasteiger partial charge in [-0.2, -0.15) is 0 Å². The molecule has 152 valence electrons. The van der Waals surface area contributed by atoms with Crippen molar-refractivity contribution in [3.8, 4) is 0 Å². The summed E-state index contributed by atoms with van der Waals surface area (Å²) in [5, 5.41) is 0. The van der Waals surface area contributed by atoms with Crippen molar-refractivity contribution in [2.45, 2.75) is 51.4 Å². The lowest BCUT2D eigenvalue weighted by atomic mass is 10.2. The molecular formula is C17H25FN2O7. The van der Waals surface area contributed by atoms with E-state index in [9.17, 15) is 18.8 Å². The van der Waals surface area contributed by atoms with Crippen LogP contribution < -0.4 is 11.2 Å². The van der Waals surface area contributed by atoms with E-state index in [1.807, 2.05) is 0 Å². The van der Waals surface area contributed by atoms with E-state index in [1.54, 1.807) is 14.0 Å². The smallest absolute Gasteiger partial charge is 0.333 e. The van der Waals surface area contributed by atoms with E-state index in [1.165, 1.54) is 17.9 Å². The Morgan fingerprint density at radius 2 is 2.11 bits per heavy atom. The highest BCUT2D eigenvalue weighted by Crippen LogP contribution is 2.29. The Bertz CT molecular complexity index is 776. The Balaban J connectivity index is 2.37. The molecule has 1 aliphatic rings. The first-order chi connectivity index (χ1) is 12.8. The molecule has 0 radical (unpaired) electrons. The molecule has 0 bridgehead atoms. The predicted octanol–water partition coefficient (Wildman–Crippen LogP) is 0.169. The maximum atomic E-state index is 13.1. The van der Waals surface area contributed by atoms with Crippen LogP contribution in [0.2, 0.25) is 0 Å². The molecule has 2 rings (SSSR count). The second kappa shape index (κ2) is 9.25. The number of methoxy groups -OCH3 is 2. The van der Waals surface area contributed by atoms with Gasteiger partial charge in [0.15, 0.2) is 0 Å². The molecule has 0 saturated carbocycles. The number of esters is 1. The molecule has 1 fully saturated rings. The van der Waals surface area contributed by atoms with Crippen molar-refractivity contribution in [1.29, 1.82) is 0 Å². The summed E-state index contributed by atoms with van der Waals surface area (Å²) in [7, 11) is 3.07. The number of ether oxygens (including phenoxy) is 4. The summed E-state index contributed by atoms with van der Waals surface area (Å²) in [5.41, 5.74) is -0.964. The Hall–Kier alpha value is -2.04. The highest BCUT2D eigenvalue weighted by atomic mass is 19.1. The Morgan fingerprint density at radius 1 is 1.41 bits per heavy atom. The molecule has 1 aromatic heterocycles. The van der Waals surface area contributed by atoms with Crippen molar-refractivity contribution in [2.24, 2.45) is 0 Å². The van der Waals surface area contributed by atoms with Crippen LogP contribution in [0.3, 0.4) is 0 Å². The van der Waals surface area contributed by atoms with Gasteiger partial charge >= 0.3 is 11.7 Å². The lowest BCUT2D eigenvalue weighted by Gasteiger charge is -2.19. The number of hydrogen-bond acceptors (Lipinski definition) is 7. The number of carbonyl (C=O) groups excluding carboxylic acids is 1. The molecule has 9 nitrogen and oxygen atoms in total. The van der Waals surface area contributed by atoms with Gasteiger partial charge in [-0.15, -0.1) is 0 Å². The minimum Gasteiger partial charge on any atom is -0.458 e. The van der Waals surface area contributed by atoms with Gasteiger partial charge in [-0.05, 0) is 6.92 Å². The molecule has 0 amide bonds. The van der Waals surface area contributed by atoms with Gasteiger partial charge in [0.1, 0.15) is 25.1 Å². The van der Waals surface area contributed by atoms with Gasteiger partial charge in [-0.3, -0.25) is 18.7 Å². The van der Waals surface area contributed by atoms with Gasteiger partial charge in [0, 0.05) is 39.3 Å². The highest BCUT2D eigenvalue weighted by molar-refractivity contribution is 5.66. The third kappa shape index (κ3) is 4.82. The van der Waals surface area contributed by atoms with Gasteiger partial charge in [-0.25, -0.2) is 9.18 Å². The van der Waals surface area contributed by atoms with Crippen LogP contribution in [-0.2, 0) is 30.3 Å². The fourth-order valence-electron chi connectivity index (χ4n) is 3.11. The average Bonchev–Trinajstić information content (AvgIpc) is 3.03. The van der Waals surface area contributed by atoms with E-state index in [2.05, 4.69) is 0 Å². The van der Waals surface area contributed by atoms with Gasteiger partial charge in [0.25, 0.3) is 5.56 Å². The number of carbonyl (C=O) groups is 1. The van der Waals surface area contributed by atoms with Crippen LogP contribution in [0.25, 0.3) is 0 Å². The summed E-state index contributed by atoms with van der Waals surface area (Å²) in [6.07, 6.45) is -0.728. The molecule has 10 heteroatoms. The first-order valence-corrected chi connectivity index (χ1v) is 8.55. The molecular weight excluding hydrogens is 363 g/mol. The molecule has 0 spiro atoms. The van der Waals surface area contributed by atoms with Crippen molar-refractivity contribution in [3.05, 3.63) is 32.6 Å². The number of aromatic nitrogens is 2. The summed E-state index contributed by atoms with van der Waals surface area (Å²) < 4.78 is 36.4. The first kappa shape index (κ1) is 21.3. The van der Waals surface area contributed by atoms with Crippen LogP contribution in [0.15, 0.2) is 15.8 Å². The van der Waals surface area contributed by atoms with Crippen LogP contribution in [0, 0.1) is 6.92 Å². The SMILES string of the molecule is COCC1OC(n2cc(C)c(=O)n(CC(CF)OC(C)=O)c2=O)C[C@@H]1OC. The van der Waals surface area contributed by atoms with Crippen LogP contribution >= 0.6 is 0 Å². The molecule has 0 N–H and O–H groups in total. The van der Waals surface area contributed by atoms with Crippen LogP contribution in [0.4, 0.5) is 4.39 Å². The molecule has 1 aliphatic heterocycles. The normalized spacial score (nSPS) is 23.4. The predicted molar refractivity (Wildman–Crippen MR) is 92.4 cm³/mol. The zero-order valence-electron chi connectivity index (χ0n) is 15.8. The molecule has 2 heterocycles. The lowest BCUT2D eigenvalue weighted by Crippen LogP contribution is -2.45. The fraction of sp³-hybridized carbons (Fsp3) is 0.706. The van der Waals surface area contributed by atoms with Crippen molar-refractivity contribution >= 4 is 5.97 Å². The standard InChI is InChI=1S/C17H25FN2O7/c1-10-7-19(15-5-13(25-4)14(27-15)9-24-3)17(23)20(16(10)22)8-12(6-18)26-11(2)21/h7,12-15H,5-6,8-9H2,1-4H3/t12?,13-,14?,15?/m0/s1. The number of alkyl halides is 1.